The highest BCUT2D eigenvalue weighted by Gasteiger charge is 2.38. The smallest absolute Gasteiger partial charge is 0.223 e. The van der Waals surface area contributed by atoms with Crippen LogP contribution in [0, 0.1) is 11.8 Å². The summed E-state index contributed by atoms with van der Waals surface area (Å²) >= 11 is 0. The Kier molecular flexibility index (Phi) is 3.54. The summed E-state index contributed by atoms with van der Waals surface area (Å²) in [6, 6.07) is 10.2. The number of benzene rings is 1. The molecule has 3 rings (SSSR count). The third-order valence-electron chi connectivity index (χ3n) is 3.86. The fourth-order valence-corrected chi connectivity index (χ4v) is 2.39. The first-order valence-corrected chi connectivity index (χ1v) is 7.11. The van der Waals surface area contributed by atoms with Crippen molar-refractivity contribution in [2.45, 2.75) is 19.8 Å². The lowest BCUT2D eigenvalue weighted by atomic mass is 10.1. The van der Waals surface area contributed by atoms with Crippen LogP contribution in [-0.4, -0.2) is 22.2 Å². The number of carbonyl (C=O) groups excluding carboxylic acids is 1. The molecule has 1 saturated carbocycles. The molecule has 1 aliphatic carbocycles. The minimum Gasteiger partial charge on any atom is -0.356 e. The highest BCUT2D eigenvalue weighted by atomic mass is 16.2. The zero-order valence-electron chi connectivity index (χ0n) is 11.6. The SMILES string of the molecule is CC1CC1C(=O)NCCc1ccc(-n2cccn2)cc1. The van der Waals surface area contributed by atoms with Gasteiger partial charge in [-0.25, -0.2) is 4.68 Å². The number of hydrogen-bond acceptors (Lipinski definition) is 2. The molecule has 1 N–H and O–H groups in total. The fraction of sp³-hybridized carbons (Fsp3) is 0.375. The maximum Gasteiger partial charge on any atom is 0.223 e. The van der Waals surface area contributed by atoms with Gasteiger partial charge < -0.3 is 5.32 Å². The van der Waals surface area contributed by atoms with E-state index in [1.54, 1.807) is 6.20 Å². The summed E-state index contributed by atoms with van der Waals surface area (Å²) in [7, 11) is 0. The maximum atomic E-state index is 11.7. The van der Waals surface area contributed by atoms with Crippen molar-refractivity contribution in [3.63, 3.8) is 0 Å². The number of hydrogen-bond donors (Lipinski definition) is 1. The molecule has 0 radical (unpaired) electrons. The van der Waals surface area contributed by atoms with Gasteiger partial charge in [0.1, 0.15) is 0 Å². The maximum absolute atomic E-state index is 11.7. The molecular weight excluding hydrogens is 250 g/mol. The molecule has 2 atom stereocenters. The molecule has 1 aliphatic rings. The average Bonchev–Trinajstić information content (AvgIpc) is 2.97. The van der Waals surface area contributed by atoms with Crippen molar-refractivity contribution in [2.75, 3.05) is 6.54 Å². The van der Waals surface area contributed by atoms with Crippen molar-refractivity contribution < 1.29 is 4.79 Å². The predicted molar refractivity (Wildman–Crippen MR) is 77.5 cm³/mol. The fourth-order valence-electron chi connectivity index (χ4n) is 2.39. The molecule has 1 fully saturated rings. The second kappa shape index (κ2) is 5.49. The first-order valence-electron chi connectivity index (χ1n) is 7.11. The summed E-state index contributed by atoms with van der Waals surface area (Å²) in [5.41, 5.74) is 2.28. The molecule has 1 aromatic carbocycles. The van der Waals surface area contributed by atoms with Crippen molar-refractivity contribution in [3.8, 4) is 5.69 Å². The van der Waals surface area contributed by atoms with Gasteiger partial charge in [-0.15, -0.1) is 0 Å². The van der Waals surface area contributed by atoms with Crippen LogP contribution < -0.4 is 5.32 Å². The lowest BCUT2D eigenvalue weighted by Gasteiger charge is -2.06. The molecule has 20 heavy (non-hydrogen) atoms. The van der Waals surface area contributed by atoms with E-state index in [-0.39, 0.29) is 11.8 Å². The monoisotopic (exact) mass is 269 g/mol. The molecular formula is C16H19N3O. The minimum absolute atomic E-state index is 0.214. The van der Waals surface area contributed by atoms with Gasteiger partial charge in [-0.3, -0.25) is 4.79 Å². The van der Waals surface area contributed by atoms with Gasteiger partial charge in [-0.2, -0.15) is 5.10 Å². The van der Waals surface area contributed by atoms with Crippen LogP contribution in [0.1, 0.15) is 18.9 Å². The number of amides is 1. The van der Waals surface area contributed by atoms with Crippen molar-refractivity contribution in [2.24, 2.45) is 11.8 Å². The zero-order chi connectivity index (χ0) is 13.9. The molecule has 0 bridgehead atoms. The summed E-state index contributed by atoms with van der Waals surface area (Å²) in [4.78, 5) is 11.7. The molecule has 2 aromatic rings. The van der Waals surface area contributed by atoms with E-state index in [0.717, 1.165) is 18.5 Å². The largest absolute Gasteiger partial charge is 0.356 e. The minimum atomic E-state index is 0.214. The van der Waals surface area contributed by atoms with Gasteiger partial charge in [0.2, 0.25) is 5.91 Å². The second-order valence-electron chi connectivity index (χ2n) is 5.48. The normalized spacial score (nSPS) is 20.6. The Morgan fingerprint density at radius 1 is 1.40 bits per heavy atom. The van der Waals surface area contributed by atoms with Gasteiger partial charge in [-0.05, 0) is 42.5 Å². The Hall–Kier alpha value is -2.10. The number of rotatable bonds is 5. The Balaban J connectivity index is 1.50. The van der Waals surface area contributed by atoms with Crippen LogP contribution in [0.4, 0.5) is 0 Å². The number of nitrogens with zero attached hydrogens (tertiary/aromatic N) is 2. The first kappa shape index (κ1) is 12.9. The summed E-state index contributed by atoms with van der Waals surface area (Å²) in [5.74, 6) is 1.05. The quantitative estimate of drug-likeness (QED) is 0.904. The summed E-state index contributed by atoms with van der Waals surface area (Å²) in [6.45, 7) is 2.83. The Bertz CT molecular complexity index is 574. The van der Waals surface area contributed by atoms with E-state index in [1.807, 2.05) is 29.1 Å². The van der Waals surface area contributed by atoms with E-state index in [9.17, 15) is 4.79 Å². The second-order valence-corrected chi connectivity index (χ2v) is 5.48. The molecule has 4 nitrogen and oxygen atoms in total. The van der Waals surface area contributed by atoms with Crippen LogP contribution >= 0.6 is 0 Å². The molecule has 1 amide bonds. The summed E-state index contributed by atoms with van der Waals surface area (Å²) < 4.78 is 1.83. The van der Waals surface area contributed by atoms with E-state index >= 15 is 0 Å². The topological polar surface area (TPSA) is 46.9 Å². The highest BCUT2D eigenvalue weighted by Crippen LogP contribution is 2.37. The van der Waals surface area contributed by atoms with Crippen LogP contribution in [0.15, 0.2) is 42.7 Å². The van der Waals surface area contributed by atoms with Crippen LogP contribution in [0.3, 0.4) is 0 Å². The van der Waals surface area contributed by atoms with Crippen LogP contribution in [0.25, 0.3) is 5.69 Å². The van der Waals surface area contributed by atoms with E-state index < -0.39 is 0 Å². The lowest BCUT2D eigenvalue weighted by molar-refractivity contribution is -0.122. The van der Waals surface area contributed by atoms with E-state index in [0.29, 0.717) is 12.5 Å². The molecule has 2 unspecified atom stereocenters. The summed E-state index contributed by atoms with van der Waals surface area (Å²) in [6.07, 6.45) is 5.60. The van der Waals surface area contributed by atoms with Gasteiger partial charge in [0.15, 0.2) is 0 Å². The van der Waals surface area contributed by atoms with Crippen molar-refractivity contribution in [3.05, 3.63) is 48.3 Å². The van der Waals surface area contributed by atoms with Gasteiger partial charge in [0.05, 0.1) is 5.69 Å². The third-order valence-corrected chi connectivity index (χ3v) is 3.86. The Labute approximate surface area is 118 Å². The number of carbonyl (C=O) groups is 1. The molecule has 104 valence electrons. The molecule has 0 saturated heterocycles. The summed E-state index contributed by atoms with van der Waals surface area (Å²) in [5, 5.41) is 7.20. The Morgan fingerprint density at radius 3 is 2.75 bits per heavy atom. The Morgan fingerprint density at radius 2 is 2.15 bits per heavy atom. The van der Waals surface area contributed by atoms with E-state index in [4.69, 9.17) is 0 Å². The number of aromatic nitrogens is 2. The lowest BCUT2D eigenvalue weighted by Crippen LogP contribution is -2.27. The van der Waals surface area contributed by atoms with E-state index in [2.05, 4.69) is 29.5 Å². The molecule has 1 heterocycles. The molecule has 1 aromatic heterocycles. The van der Waals surface area contributed by atoms with Gasteiger partial charge in [0, 0.05) is 24.9 Å². The number of nitrogens with one attached hydrogen (secondary N) is 1. The van der Waals surface area contributed by atoms with Crippen LogP contribution in [0.5, 0.6) is 0 Å². The molecule has 4 heteroatoms. The molecule has 0 spiro atoms. The van der Waals surface area contributed by atoms with Crippen molar-refractivity contribution >= 4 is 5.91 Å². The zero-order valence-corrected chi connectivity index (χ0v) is 11.6. The highest BCUT2D eigenvalue weighted by molar-refractivity contribution is 5.81. The van der Waals surface area contributed by atoms with Gasteiger partial charge >= 0.3 is 0 Å². The van der Waals surface area contributed by atoms with Crippen molar-refractivity contribution in [1.29, 1.82) is 0 Å². The predicted octanol–water partition coefficient (Wildman–Crippen LogP) is 2.19. The van der Waals surface area contributed by atoms with Crippen LogP contribution in [-0.2, 0) is 11.2 Å². The third kappa shape index (κ3) is 2.90. The van der Waals surface area contributed by atoms with Gasteiger partial charge in [0.25, 0.3) is 0 Å². The molecule has 0 aliphatic heterocycles. The average molecular weight is 269 g/mol. The standard InChI is InChI=1S/C16H19N3O/c1-12-11-15(12)16(20)17-9-7-13-3-5-14(6-4-13)19-10-2-8-18-19/h2-6,8,10,12,15H,7,9,11H2,1H3,(H,17,20). The van der Waals surface area contributed by atoms with Crippen molar-refractivity contribution in [1.82, 2.24) is 15.1 Å². The van der Waals surface area contributed by atoms with Gasteiger partial charge in [-0.1, -0.05) is 19.1 Å². The first-order chi connectivity index (χ1) is 9.74. The van der Waals surface area contributed by atoms with Crippen LogP contribution in [0.2, 0.25) is 0 Å². The van der Waals surface area contributed by atoms with E-state index in [1.165, 1.54) is 5.56 Å².